The molecule has 0 spiro atoms. The SMILES string of the molecule is CC1(C)c2ccccc2-c2ccc(-c3ccc4c(c3)c3ccccc3n4-c3ccc(-c4nc(-c5cccc(-n6c7ccccc7c7cc(-c8ccc9c(c8)C(C)(C)c8ccccc8-9)ccc76)c5)nc(-c5cccc(-n6c7ccccc7c7cc(-c8ccc9c(c8)C(C)(C)c8ccccc8-9)ccc76)c5)n4)cc3)cc21. The van der Waals surface area contributed by atoms with Crippen LogP contribution in [0.5, 0.6) is 0 Å². The van der Waals surface area contributed by atoms with E-state index in [0.717, 1.165) is 66.9 Å². The standard InChI is InChI=1S/C102H72N6/c1-100(2)85-31-13-7-25-73(85)76-47-39-65(58-88(76)100)62-42-50-94-82(55-62)79-28-10-16-34-91(79)106(94)70-45-37-61(38-46-70)97-103-98(68-21-19-23-71(53-68)107-92-35-17-11-29-80(92)83-56-63(43-51-95(83)107)66-40-48-77-74-26-8-14-32-86(74)101(3,4)89(77)59-66)105-99(104-97)69-22-20-24-72(54-69)108-93-36-18-12-30-81(93)84-57-64(44-52-96(84)108)67-41-49-78-75-27-9-15-33-87(75)102(5,6)90(78)60-67/h7-60H,1-6H3. The van der Waals surface area contributed by atoms with Crippen LogP contribution in [0.3, 0.4) is 0 Å². The summed E-state index contributed by atoms with van der Waals surface area (Å²) in [5.41, 5.74) is 35.7. The third-order valence-corrected chi connectivity index (χ3v) is 24.5. The summed E-state index contributed by atoms with van der Waals surface area (Å²) in [6.07, 6.45) is 0. The molecule has 0 aliphatic heterocycles. The van der Waals surface area contributed by atoms with Gasteiger partial charge in [-0.25, -0.2) is 15.0 Å². The van der Waals surface area contributed by atoms with E-state index in [1.807, 2.05) is 0 Å². The lowest BCUT2D eigenvalue weighted by molar-refractivity contribution is 0.660. The fourth-order valence-electron chi connectivity index (χ4n) is 19.0. The van der Waals surface area contributed by atoms with Crippen LogP contribution in [0.25, 0.3) is 183 Å². The van der Waals surface area contributed by atoms with Crippen LogP contribution in [0, 0.1) is 0 Å². The molecule has 0 unspecified atom stereocenters. The van der Waals surface area contributed by atoms with Gasteiger partial charge in [0.05, 0.1) is 33.1 Å². The van der Waals surface area contributed by atoms with Crippen molar-refractivity contribution in [2.45, 2.75) is 57.8 Å². The van der Waals surface area contributed by atoms with Crippen LogP contribution in [0.2, 0.25) is 0 Å². The zero-order valence-corrected chi connectivity index (χ0v) is 60.9. The van der Waals surface area contributed by atoms with E-state index < -0.39 is 0 Å². The minimum atomic E-state index is -0.101. The Morgan fingerprint density at radius 3 is 0.833 bits per heavy atom. The summed E-state index contributed by atoms with van der Waals surface area (Å²) in [4.78, 5) is 16.5. The molecule has 0 saturated heterocycles. The van der Waals surface area contributed by atoms with Gasteiger partial charge in [-0.05, 0) is 221 Å². The van der Waals surface area contributed by atoms with E-state index in [-0.39, 0.29) is 16.2 Å². The molecule has 0 bridgehead atoms. The second kappa shape index (κ2) is 22.9. The van der Waals surface area contributed by atoms with Crippen molar-refractivity contribution in [1.29, 1.82) is 0 Å². The lowest BCUT2D eigenvalue weighted by Gasteiger charge is -2.22. The molecule has 0 radical (unpaired) electrons. The van der Waals surface area contributed by atoms with E-state index in [0.29, 0.717) is 17.5 Å². The van der Waals surface area contributed by atoms with Crippen molar-refractivity contribution in [2.75, 3.05) is 0 Å². The van der Waals surface area contributed by atoms with Gasteiger partial charge in [-0.15, -0.1) is 0 Å². The van der Waals surface area contributed by atoms with Crippen molar-refractivity contribution < 1.29 is 0 Å². The first-order chi connectivity index (χ1) is 52.8. The summed E-state index contributed by atoms with van der Waals surface area (Å²) in [6.45, 7) is 14.1. The second-order valence-corrected chi connectivity index (χ2v) is 31.5. The van der Waals surface area contributed by atoms with E-state index in [1.54, 1.807) is 0 Å². The van der Waals surface area contributed by atoms with Crippen LogP contribution in [0.15, 0.2) is 328 Å². The van der Waals surface area contributed by atoms with E-state index >= 15 is 0 Å². The van der Waals surface area contributed by atoms with Crippen LogP contribution < -0.4 is 0 Å². The van der Waals surface area contributed by atoms with Crippen LogP contribution in [-0.4, -0.2) is 28.7 Å². The number of hydrogen-bond donors (Lipinski definition) is 0. The molecule has 6 nitrogen and oxygen atoms in total. The molecule has 3 aliphatic carbocycles. The van der Waals surface area contributed by atoms with Gasteiger partial charge in [0.1, 0.15) is 0 Å². The van der Waals surface area contributed by atoms with Crippen molar-refractivity contribution in [3.8, 4) is 118 Å². The number of aromatic nitrogens is 6. The summed E-state index contributed by atoms with van der Waals surface area (Å²) in [5.74, 6) is 1.74. The molecule has 0 atom stereocenters. The van der Waals surface area contributed by atoms with E-state index in [4.69, 9.17) is 15.0 Å². The first kappa shape index (κ1) is 62.1. The van der Waals surface area contributed by atoms with Gasteiger partial charge in [0.2, 0.25) is 0 Å². The molecule has 0 saturated carbocycles. The van der Waals surface area contributed by atoms with Gasteiger partial charge in [0, 0.05) is 82.3 Å². The van der Waals surface area contributed by atoms with Gasteiger partial charge in [-0.1, -0.05) is 248 Å². The second-order valence-electron chi connectivity index (χ2n) is 31.5. The molecule has 510 valence electrons. The average molecular weight is 1380 g/mol. The van der Waals surface area contributed by atoms with Crippen LogP contribution >= 0.6 is 0 Å². The minimum Gasteiger partial charge on any atom is -0.309 e. The van der Waals surface area contributed by atoms with Crippen molar-refractivity contribution in [3.63, 3.8) is 0 Å². The van der Waals surface area contributed by atoms with Crippen molar-refractivity contribution in [2.24, 2.45) is 0 Å². The molecule has 6 heteroatoms. The van der Waals surface area contributed by atoms with Crippen LogP contribution in [-0.2, 0) is 16.2 Å². The lowest BCUT2D eigenvalue weighted by atomic mass is 9.81. The Balaban J connectivity index is 0.660. The topological polar surface area (TPSA) is 53.5 Å². The highest BCUT2D eigenvalue weighted by Crippen LogP contribution is 2.54. The molecule has 4 heterocycles. The zero-order valence-electron chi connectivity index (χ0n) is 60.9. The summed E-state index contributed by atoms with van der Waals surface area (Å²) in [5, 5.41) is 7.18. The predicted octanol–water partition coefficient (Wildman–Crippen LogP) is 26.1. The number of rotatable bonds is 9. The molecule has 108 heavy (non-hydrogen) atoms. The maximum atomic E-state index is 5.52. The highest BCUT2D eigenvalue weighted by atomic mass is 15.0. The molecular formula is C102H72N6. The zero-order chi connectivity index (χ0) is 72.1. The Labute approximate surface area is 626 Å². The lowest BCUT2D eigenvalue weighted by Crippen LogP contribution is -2.14. The average Bonchev–Trinajstić information content (AvgIpc) is 1.58. The van der Waals surface area contributed by atoms with Gasteiger partial charge in [0.15, 0.2) is 17.5 Å². The highest BCUT2D eigenvalue weighted by molar-refractivity contribution is 6.13. The monoisotopic (exact) mass is 1380 g/mol. The van der Waals surface area contributed by atoms with Crippen molar-refractivity contribution >= 4 is 65.4 Å². The predicted molar refractivity (Wildman–Crippen MR) is 448 cm³/mol. The molecule has 0 amide bonds. The maximum absolute atomic E-state index is 5.52. The van der Waals surface area contributed by atoms with Crippen LogP contribution in [0.4, 0.5) is 0 Å². The van der Waals surface area contributed by atoms with Gasteiger partial charge < -0.3 is 13.7 Å². The molecule has 3 aliphatic rings. The van der Waals surface area contributed by atoms with Gasteiger partial charge in [0.25, 0.3) is 0 Å². The fraction of sp³-hybridized carbons (Fsp3) is 0.0882. The summed E-state index contributed by atoms with van der Waals surface area (Å²) < 4.78 is 7.19. The first-order valence-electron chi connectivity index (χ1n) is 37.7. The quantitative estimate of drug-likeness (QED) is 0.145. The smallest absolute Gasteiger partial charge is 0.164 e. The number of fused-ring (bicyclic) bond motifs is 18. The van der Waals surface area contributed by atoms with Crippen molar-refractivity contribution in [3.05, 3.63) is 361 Å². The van der Waals surface area contributed by atoms with E-state index in [1.165, 1.54) is 132 Å². The largest absolute Gasteiger partial charge is 0.309 e. The van der Waals surface area contributed by atoms with Crippen molar-refractivity contribution in [1.82, 2.24) is 28.7 Å². The van der Waals surface area contributed by atoms with E-state index in [9.17, 15) is 0 Å². The molecule has 15 aromatic carbocycles. The third-order valence-electron chi connectivity index (χ3n) is 24.5. The fourth-order valence-corrected chi connectivity index (χ4v) is 19.0. The summed E-state index contributed by atoms with van der Waals surface area (Å²) in [7, 11) is 0. The Morgan fingerprint density at radius 1 is 0.185 bits per heavy atom. The maximum Gasteiger partial charge on any atom is 0.164 e. The van der Waals surface area contributed by atoms with E-state index in [2.05, 4.69) is 383 Å². The highest BCUT2D eigenvalue weighted by Gasteiger charge is 2.38. The number of benzene rings is 15. The Morgan fingerprint density at radius 2 is 0.463 bits per heavy atom. The molecule has 0 N–H and O–H groups in total. The number of hydrogen-bond acceptors (Lipinski definition) is 3. The van der Waals surface area contributed by atoms with Gasteiger partial charge in [-0.3, -0.25) is 0 Å². The Bertz CT molecular complexity index is 6800. The Kier molecular flexibility index (Phi) is 13.1. The first-order valence-corrected chi connectivity index (χ1v) is 37.7. The number of nitrogens with zero attached hydrogens (tertiary/aromatic N) is 6. The molecule has 19 aromatic rings. The third kappa shape index (κ3) is 9.10. The van der Waals surface area contributed by atoms with Gasteiger partial charge >= 0.3 is 0 Å². The normalized spacial score (nSPS) is 14.1. The van der Waals surface area contributed by atoms with Crippen LogP contribution in [0.1, 0.15) is 74.9 Å². The summed E-state index contributed by atoms with van der Waals surface area (Å²) in [6, 6.07) is 121. The molecular weight excluding hydrogens is 1310 g/mol. The Hall–Kier alpha value is -13.3. The molecule has 4 aromatic heterocycles. The minimum absolute atomic E-state index is 0.0927. The van der Waals surface area contributed by atoms with Gasteiger partial charge in [-0.2, -0.15) is 0 Å². The summed E-state index contributed by atoms with van der Waals surface area (Å²) >= 11 is 0. The molecule has 0 fully saturated rings. The number of para-hydroxylation sites is 3. The molecule has 22 rings (SSSR count).